The van der Waals surface area contributed by atoms with E-state index in [1.54, 1.807) is 0 Å². The average molecular weight is 282 g/mol. The Bertz CT molecular complexity index is 628. The number of fused-ring (bicyclic) bond motifs is 1. The molecule has 1 fully saturated rings. The van der Waals surface area contributed by atoms with Crippen LogP contribution in [0.3, 0.4) is 0 Å². The molecule has 2 heteroatoms. The third kappa shape index (κ3) is 2.03. The van der Waals surface area contributed by atoms with E-state index in [0.717, 1.165) is 12.8 Å². The zero-order valence-electron chi connectivity index (χ0n) is 11.4. The van der Waals surface area contributed by atoms with Crippen molar-refractivity contribution in [1.82, 2.24) is 0 Å². The first kappa shape index (κ1) is 12.3. The maximum absolute atomic E-state index is 12.8. The molecule has 1 nitrogen and oxygen atoms in total. The van der Waals surface area contributed by atoms with Crippen LogP contribution in [0.5, 0.6) is 0 Å². The average Bonchev–Trinajstić information content (AvgIpc) is 3.16. The van der Waals surface area contributed by atoms with Gasteiger partial charge < -0.3 is 0 Å². The van der Waals surface area contributed by atoms with Gasteiger partial charge in [-0.05, 0) is 54.2 Å². The summed E-state index contributed by atoms with van der Waals surface area (Å²) in [5, 5.41) is 2.15. The summed E-state index contributed by atoms with van der Waals surface area (Å²) in [4.78, 5) is 14.3. The molecule has 0 saturated heterocycles. The molecule has 20 heavy (non-hydrogen) atoms. The van der Waals surface area contributed by atoms with Crippen molar-refractivity contribution in [3.05, 3.63) is 57.8 Å². The van der Waals surface area contributed by atoms with Crippen LogP contribution in [0.2, 0.25) is 0 Å². The molecule has 1 saturated carbocycles. The third-order valence-electron chi connectivity index (χ3n) is 4.78. The maximum atomic E-state index is 12.8. The Labute approximate surface area is 123 Å². The van der Waals surface area contributed by atoms with Crippen molar-refractivity contribution in [3.8, 4) is 0 Å². The first-order valence-corrected chi connectivity index (χ1v) is 8.37. The van der Waals surface area contributed by atoms with Crippen LogP contribution in [-0.2, 0) is 11.2 Å². The quantitative estimate of drug-likeness (QED) is 0.807. The minimum Gasteiger partial charge on any atom is -0.299 e. The molecule has 1 aromatic heterocycles. The number of aryl methyl sites for hydroxylation is 1. The van der Waals surface area contributed by atoms with Gasteiger partial charge in [0.1, 0.15) is 5.78 Å². The molecule has 0 aliphatic heterocycles. The highest BCUT2D eigenvalue weighted by Crippen LogP contribution is 2.51. The molecule has 0 N–H and O–H groups in total. The van der Waals surface area contributed by atoms with Crippen molar-refractivity contribution in [2.45, 2.75) is 37.5 Å². The predicted molar refractivity (Wildman–Crippen MR) is 82.3 cm³/mol. The van der Waals surface area contributed by atoms with Gasteiger partial charge in [0, 0.05) is 16.7 Å². The lowest BCUT2D eigenvalue weighted by atomic mass is 9.82. The summed E-state index contributed by atoms with van der Waals surface area (Å²) in [6, 6.07) is 12.7. The molecule has 2 aromatic rings. The van der Waals surface area contributed by atoms with Crippen LogP contribution in [0.4, 0.5) is 0 Å². The summed E-state index contributed by atoms with van der Waals surface area (Å²) in [7, 11) is 0. The first-order valence-electron chi connectivity index (χ1n) is 7.49. The van der Waals surface area contributed by atoms with Gasteiger partial charge in [-0.1, -0.05) is 30.3 Å². The Balaban J connectivity index is 1.53. The number of hydrogen-bond donors (Lipinski definition) is 0. The number of carbonyl (C=O) groups is 1. The maximum Gasteiger partial charge on any atom is 0.144 e. The number of benzene rings is 1. The van der Waals surface area contributed by atoms with Crippen molar-refractivity contribution >= 4 is 17.1 Å². The SMILES string of the molecule is O=C(C1CCCc2sccc21)C1CC1c1ccccc1. The largest absolute Gasteiger partial charge is 0.299 e. The van der Waals surface area contributed by atoms with E-state index in [1.807, 2.05) is 17.4 Å². The molecule has 2 aliphatic rings. The zero-order valence-corrected chi connectivity index (χ0v) is 12.2. The van der Waals surface area contributed by atoms with Crippen LogP contribution in [0, 0.1) is 5.92 Å². The van der Waals surface area contributed by atoms with E-state index in [4.69, 9.17) is 0 Å². The Kier molecular flexibility index (Phi) is 2.99. The lowest BCUT2D eigenvalue weighted by molar-refractivity contribution is -0.122. The lowest BCUT2D eigenvalue weighted by Gasteiger charge is -2.21. The van der Waals surface area contributed by atoms with Gasteiger partial charge in [0.05, 0.1) is 0 Å². The first-order chi connectivity index (χ1) is 9.84. The monoisotopic (exact) mass is 282 g/mol. The molecular weight excluding hydrogens is 264 g/mol. The van der Waals surface area contributed by atoms with Gasteiger partial charge in [0.2, 0.25) is 0 Å². The fraction of sp³-hybridized carbons (Fsp3) is 0.389. The van der Waals surface area contributed by atoms with Gasteiger partial charge in [-0.3, -0.25) is 4.79 Å². The lowest BCUT2D eigenvalue weighted by Crippen LogP contribution is -2.19. The smallest absolute Gasteiger partial charge is 0.144 e. The molecular formula is C18H18OS. The molecule has 102 valence electrons. The summed E-state index contributed by atoms with van der Waals surface area (Å²) in [6.45, 7) is 0. The summed E-state index contributed by atoms with van der Waals surface area (Å²) in [6.07, 6.45) is 4.45. The second kappa shape index (κ2) is 4.85. The molecule has 1 aromatic carbocycles. The number of ketones is 1. The van der Waals surface area contributed by atoms with Crippen LogP contribution in [0.15, 0.2) is 41.8 Å². The number of rotatable bonds is 3. The van der Waals surface area contributed by atoms with E-state index in [0.29, 0.717) is 11.7 Å². The summed E-state index contributed by atoms with van der Waals surface area (Å²) >= 11 is 1.82. The Morgan fingerprint density at radius 1 is 1.15 bits per heavy atom. The highest BCUT2D eigenvalue weighted by atomic mass is 32.1. The standard InChI is InChI=1S/C18H18OS/c19-18(14-7-4-8-17-13(14)9-10-20-17)16-11-15(16)12-5-2-1-3-6-12/h1-3,5-6,9-10,14-16H,4,7-8,11H2. The zero-order chi connectivity index (χ0) is 13.5. The molecule has 3 atom stereocenters. The van der Waals surface area contributed by atoms with Gasteiger partial charge in [-0.25, -0.2) is 0 Å². The van der Waals surface area contributed by atoms with Crippen molar-refractivity contribution in [3.63, 3.8) is 0 Å². The molecule has 0 spiro atoms. The van der Waals surface area contributed by atoms with Gasteiger partial charge in [-0.15, -0.1) is 11.3 Å². The third-order valence-corrected chi connectivity index (χ3v) is 5.78. The van der Waals surface area contributed by atoms with E-state index < -0.39 is 0 Å². The molecule has 0 bridgehead atoms. The Morgan fingerprint density at radius 3 is 2.85 bits per heavy atom. The van der Waals surface area contributed by atoms with Gasteiger partial charge in [0.15, 0.2) is 0 Å². The van der Waals surface area contributed by atoms with Crippen LogP contribution in [-0.4, -0.2) is 5.78 Å². The molecule has 0 radical (unpaired) electrons. The van der Waals surface area contributed by atoms with Crippen molar-refractivity contribution in [1.29, 1.82) is 0 Å². The molecule has 0 amide bonds. The summed E-state index contributed by atoms with van der Waals surface area (Å²) in [5.74, 6) is 1.43. The number of thiophene rings is 1. The topological polar surface area (TPSA) is 17.1 Å². The Morgan fingerprint density at radius 2 is 2.00 bits per heavy atom. The summed E-state index contributed by atoms with van der Waals surface area (Å²) < 4.78 is 0. The highest BCUT2D eigenvalue weighted by molar-refractivity contribution is 7.10. The highest BCUT2D eigenvalue weighted by Gasteiger charge is 2.46. The molecule has 4 rings (SSSR count). The van der Waals surface area contributed by atoms with Crippen LogP contribution < -0.4 is 0 Å². The van der Waals surface area contributed by atoms with Crippen LogP contribution >= 0.6 is 11.3 Å². The molecule has 3 unspecified atom stereocenters. The van der Waals surface area contributed by atoms with E-state index in [-0.39, 0.29) is 11.8 Å². The van der Waals surface area contributed by atoms with Gasteiger partial charge in [-0.2, -0.15) is 0 Å². The van der Waals surface area contributed by atoms with Crippen LogP contribution in [0.1, 0.15) is 47.1 Å². The molecule has 1 heterocycles. The second-order valence-corrected chi connectivity index (χ2v) is 7.01. The minimum absolute atomic E-state index is 0.184. The van der Waals surface area contributed by atoms with Crippen molar-refractivity contribution in [2.24, 2.45) is 5.92 Å². The molecule has 2 aliphatic carbocycles. The fourth-order valence-electron chi connectivity index (χ4n) is 3.62. The number of hydrogen-bond acceptors (Lipinski definition) is 2. The summed E-state index contributed by atoms with van der Waals surface area (Å²) in [5.41, 5.74) is 2.68. The fourth-order valence-corrected chi connectivity index (χ4v) is 4.61. The Hall–Kier alpha value is -1.41. The van der Waals surface area contributed by atoms with Gasteiger partial charge in [0.25, 0.3) is 0 Å². The van der Waals surface area contributed by atoms with Gasteiger partial charge >= 0.3 is 0 Å². The second-order valence-electron chi connectivity index (χ2n) is 6.01. The number of Topliss-reactive ketones (excluding diaryl/α,β-unsaturated/α-hetero) is 1. The van der Waals surface area contributed by atoms with Crippen molar-refractivity contribution in [2.75, 3.05) is 0 Å². The van der Waals surface area contributed by atoms with E-state index in [2.05, 4.69) is 35.7 Å². The minimum atomic E-state index is 0.184. The van der Waals surface area contributed by atoms with E-state index >= 15 is 0 Å². The van der Waals surface area contributed by atoms with E-state index in [9.17, 15) is 4.79 Å². The normalized spacial score (nSPS) is 27.9. The predicted octanol–water partition coefficient (Wildman–Crippen LogP) is 4.54. The van der Waals surface area contributed by atoms with Crippen LogP contribution in [0.25, 0.3) is 0 Å². The number of carbonyl (C=O) groups excluding carboxylic acids is 1. The van der Waals surface area contributed by atoms with Crippen molar-refractivity contribution < 1.29 is 4.79 Å². The van der Waals surface area contributed by atoms with E-state index in [1.165, 1.54) is 28.8 Å².